The molecule has 2 aromatic carbocycles. The zero-order valence-electron chi connectivity index (χ0n) is 10.7. The quantitative estimate of drug-likeness (QED) is 0.820. The molecule has 0 fully saturated rings. The van der Waals surface area contributed by atoms with E-state index in [0.717, 1.165) is 11.3 Å². The first-order valence-electron chi connectivity index (χ1n) is 5.91. The van der Waals surface area contributed by atoms with Crippen LogP contribution in [-0.2, 0) is 4.79 Å². The van der Waals surface area contributed by atoms with Crippen molar-refractivity contribution in [2.24, 2.45) is 4.99 Å². The Labute approximate surface area is 127 Å². The van der Waals surface area contributed by atoms with Crippen LogP contribution in [0.3, 0.4) is 0 Å². The van der Waals surface area contributed by atoms with Crippen LogP contribution in [0.1, 0.15) is 12.5 Å². The fourth-order valence-corrected chi connectivity index (χ4v) is 2.07. The number of nitrogens with zero attached hydrogens (tertiary/aromatic N) is 1. The molecule has 2 rings (SSSR count). The molecule has 0 unspecified atom stereocenters. The van der Waals surface area contributed by atoms with Gasteiger partial charge in [0.15, 0.2) is 0 Å². The highest BCUT2D eigenvalue weighted by Crippen LogP contribution is 2.21. The van der Waals surface area contributed by atoms with Crippen LogP contribution in [0.15, 0.2) is 47.5 Å². The zero-order chi connectivity index (χ0) is 14.5. The minimum atomic E-state index is -0.119. The highest BCUT2D eigenvalue weighted by molar-refractivity contribution is 6.36. The summed E-state index contributed by atoms with van der Waals surface area (Å²) in [6.45, 7) is 1.46. The fourth-order valence-electron chi connectivity index (χ4n) is 1.62. The molecule has 20 heavy (non-hydrogen) atoms. The Bertz CT molecular complexity index is 669. The van der Waals surface area contributed by atoms with Gasteiger partial charge in [-0.2, -0.15) is 0 Å². The molecular formula is C15H12Cl2N2O. The van der Waals surface area contributed by atoms with Crippen molar-refractivity contribution in [3.05, 3.63) is 58.1 Å². The van der Waals surface area contributed by atoms with Crippen molar-refractivity contribution in [1.29, 1.82) is 0 Å². The fraction of sp³-hybridized carbons (Fsp3) is 0.0667. The van der Waals surface area contributed by atoms with Crippen LogP contribution in [0.5, 0.6) is 0 Å². The third-order valence-corrected chi connectivity index (χ3v) is 3.04. The number of nitrogens with one attached hydrogen (secondary N) is 1. The number of halogens is 2. The number of hydrogen-bond acceptors (Lipinski definition) is 2. The monoisotopic (exact) mass is 306 g/mol. The maximum atomic E-state index is 11.0. The Hall–Kier alpha value is -1.84. The molecule has 2 aromatic rings. The number of hydrogen-bond donors (Lipinski definition) is 1. The van der Waals surface area contributed by atoms with Crippen molar-refractivity contribution in [1.82, 2.24) is 0 Å². The summed E-state index contributed by atoms with van der Waals surface area (Å²) in [6, 6.07) is 12.5. The summed E-state index contributed by atoms with van der Waals surface area (Å²) < 4.78 is 0. The van der Waals surface area contributed by atoms with Crippen molar-refractivity contribution in [2.75, 3.05) is 5.32 Å². The Morgan fingerprint density at radius 3 is 2.70 bits per heavy atom. The van der Waals surface area contributed by atoms with Gasteiger partial charge in [0.1, 0.15) is 0 Å². The van der Waals surface area contributed by atoms with E-state index < -0.39 is 0 Å². The van der Waals surface area contributed by atoms with E-state index in [1.807, 2.05) is 12.1 Å². The second kappa shape index (κ2) is 6.55. The Morgan fingerprint density at radius 2 is 2.00 bits per heavy atom. The van der Waals surface area contributed by atoms with Gasteiger partial charge in [-0.15, -0.1) is 0 Å². The van der Waals surface area contributed by atoms with Gasteiger partial charge in [-0.3, -0.25) is 9.79 Å². The number of anilines is 1. The number of carbonyl (C=O) groups excluding carboxylic acids is 1. The van der Waals surface area contributed by atoms with Gasteiger partial charge in [0.05, 0.1) is 10.7 Å². The molecule has 0 saturated carbocycles. The number of aliphatic imine (C=N–C) groups is 1. The molecule has 0 aromatic heterocycles. The molecule has 0 aliphatic heterocycles. The van der Waals surface area contributed by atoms with Gasteiger partial charge in [0.25, 0.3) is 0 Å². The molecule has 0 heterocycles. The van der Waals surface area contributed by atoms with Crippen LogP contribution in [0.4, 0.5) is 11.4 Å². The molecule has 0 aliphatic carbocycles. The SMILES string of the molecule is CC(=O)Nc1cccc(N=Cc2ccc(Cl)cc2Cl)c1. The highest BCUT2D eigenvalue weighted by atomic mass is 35.5. The van der Waals surface area contributed by atoms with Gasteiger partial charge >= 0.3 is 0 Å². The maximum Gasteiger partial charge on any atom is 0.221 e. The molecule has 0 saturated heterocycles. The first kappa shape index (κ1) is 14.6. The molecule has 102 valence electrons. The Balaban J connectivity index is 2.20. The number of rotatable bonds is 3. The number of amides is 1. The average molecular weight is 307 g/mol. The molecule has 0 aliphatic rings. The van der Waals surface area contributed by atoms with Crippen LogP contribution >= 0.6 is 23.2 Å². The lowest BCUT2D eigenvalue weighted by Gasteiger charge is -2.02. The summed E-state index contributed by atoms with van der Waals surface area (Å²) in [5.41, 5.74) is 2.21. The second-order valence-electron chi connectivity index (χ2n) is 4.16. The molecule has 0 bridgehead atoms. The molecule has 1 N–H and O–H groups in total. The molecule has 0 atom stereocenters. The summed E-state index contributed by atoms with van der Waals surface area (Å²) in [5, 5.41) is 3.83. The van der Waals surface area contributed by atoms with Gasteiger partial charge in [0, 0.05) is 29.4 Å². The van der Waals surface area contributed by atoms with Crippen LogP contribution in [0.25, 0.3) is 0 Å². The van der Waals surface area contributed by atoms with Crippen LogP contribution in [-0.4, -0.2) is 12.1 Å². The Kier molecular flexibility index (Phi) is 4.77. The molecular weight excluding hydrogens is 295 g/mol. The van der Waals surface area contributed by atoms with Crippen molar-refractivity contribution >= 4 is 46.7 Å². The predicted molar refractivity (Wildman–Crippen MR) is 84.5 cm³/mol. The van der Waals surface area contributed by atoms with E-state index in [9.17, 15) is 4.79 Å². The molecule has 0 radical (unpaired) electrons. The lowest BCUT2D eigenvalue weighted by molar-refractivity contribution is -0.114. The third kappa shape index (κ3) is 4.08. The lowest BCUT2D eigenvalue weighted by Crippen LogP contribution is -2.05. The summed E-state index contributed by atoms with van der Waals surface area (Å²) in [4.78, 5) is 15.3. The van der Waals surface area contributed by atoms with E-state index in [1.54, 1.807) is 36.5 Å². The van der Waals surface area contributed by atoms with Crippen molar-refractivity contribution in [3.63, 3.8) is 0 Å². The maximum absolute atomic E-state index is 11.0. The highest BCUT2D eigenvalue weighted by Gasteiger charge is 1.99. The van der Waals surface area contributed by atoms with Gasteiger partial charge in [-0.1, -0.05) is 35.3 Å². The largest absolute Gasteiger partial charge is 0.326 e. The minimum absolute atomic E-state index is 0.119. The van der Waals surface area contributed by atoms with E-state index in [-0.39, 0.29) is 5.91 Å². The molecule has 5 heteroatoms. The van der Waals surface area contributed by atoms with Gasteiger partial charge in [-0.05, 0) is 30.3 Å². The van der Waals surface area contributed by atoms with Crippen LogP contribution in [0, 0.1) is 0 Å². The van der Waals surface area contributed by atoms with Crippen LogP contribution in [0.2, 0.25) is 10.0 Å². The van der Waals surface area contributed by atoms with Gasteiger partial charge in [0.2, 0.25) is 5.91 Å². The second-order valence-corrected chi connectivity index (χ2v) is 5.00. The van der Waals surface area contributed by atoms with Crippen LogP contribution < -0.4 is 5.32 Å². The third-order valence-electron chi connectivity index (χ3n) is 2.48. The lowest BCUT2D eigenvalue weighted by atomic mass is 10.2. The molecule has 3 nitrogen and oxygen atoms in total. The summed E-state index contributed by atoms with van der Waals surface area (Å²) in [7, 11) is 0. The summed E-state index contributed by atoms with van der Waals surface area (Å²) in [5.74, 6) is -0.119. The summed E-state index contributed by atoms with van der Waals surface area (Å²) >= 11 is 11.9. The van der Waals surface area contributed by atoms with E-state index in [4.69, 9.17) is 23.2 Å². The molecule has 0 spiro atoms. The van der Waals surface area contributed by atoms with Gasteiger partial charge < -0.3 is 5.32 Å². The van der Waals surface area contributed by atoms with Gasteiger partial charge in [-0.25, -0.2) is 0 Å². The standard InChI is InChI=1S/C15H12Cl2N2O/c1-10(20)19-14-4-2-3-13(8-14)18-9-11-5-6-12(16)7-15(11)17/h2-9H,1H3,(H,19,20). The smallest absolute Gasteiger partial charge is 0.221 e. The Morgan fingerprint density at radius 1 is 1.20 bits per heavy atom. The predicted octanol–water partition coefficient (Wildman–Crippen LogP) is 4.70. The van der Waals surface area contributed by atoms with E-state index in [2.05, 4.69) is 10.3 Å². The van der Waals surface area contributed by atoms with E-state index >= 15 is 0 Å². The number of carbonyl (C=O) groups is 1. The van der Waals surface area contributed by atoms with Crippen molar-refractivity contribution in [3.8, 4) is 0 Å². The van der Waals surface area contributed by atoms with E-state index in [0.29, 0.717) is 15.7 Å². The van der Waals surface area contributed by atoms with Crippen molar-refractivity contribution < 1.29 is 4.79 Å². The topological polar surface area (TPSA) is 41.5 Å². The first-order chi connectivity index (χ1) is 9.54. The summed E-state index contributed by atoms with van der Waals surface area (Å²) in [6.07, 6.45) is 1.66. The molecule has 1 amide bonds. The zero-order valence-corrected chi connectivity index (χ0v) is 12.2. The normalized spacial score (nSPS) is 10.8. The first-order valence-corrected chi connectivity index (χ1v) is 6.67. The van der Waals surface area contributed by atoms with Crippen molar-refractivity contribution in [2.45, 2.75) is 6.92 Å². The number of benzene rings is 2. The minimum Gasteiger partial charge on any atom is -0.326 e. The average Bonchev–Trinajstić information content (AvgIpc) is 2.37. The van der Waals surface area contributed by atoms with E-state index in [1.165, 1.54) is 6.92 Å².